The summed E-state index contributed by atoms with van der Waals surface area (Å²) in [6.45, 7) is 7.46. The van der Waals surface area contributed by atoms with E-state index in [0.717, 1.165) is 4.57 Å². The van der Waals surface area contributed by atoms with Gasteiger partial charge in [0.2, 0.25) is 0 Å². The normalized spacial score (nSPS) is 11.2. The quantitative estimate of drug-likeness (QED) is 0.759. The zero-order valence-electron chi connectivity index (χ0n) is 12.1. The lowest BCUT2D eigenvalue weighted by Gasteiger charge is -2.08. The molecule has 20 heavy (non-hydrogen) atoms. The number of aromatic nitrogens is 4. The van der Waals surface area contributed by atoms with Crippen molar-refractivity contribution in [2.24, 2.45) is 14.1 Å². The Morgan fingerprint density at radius 1 is 1.30 bits per heavy atom. The maximum Gasteiger partial charge on any atom is 0.332 e. The number of hydrogen-bond donors (Lipinski definition) is 0. The van der Waals surface area contributed by atoms with Crippen LogP contribution in [0.3, 0.4) is 0 Å². The molecule has 0 amide bonds. The van der Waals surface area contributed by atoms with Crippen molar-refractivity contribution in [1.29, 1.82) is 0 Å². The summed E-state index contributed by atoms with van der Waals surface area (Å²) in [5.41, 5.74) is -0.156. The highest BCUT2D eigenvalue weighted by Crippen LogP contribution is 2.16. The third kappa shape index (κ3) is 2.04. The fourth-order valence-electron chi connectivity index (χ4n) is 2.03. The number of imidazole rings is 1. The van der Waals surface area contributed by atoms with Crippen molar-refractivity contribution in [3.8, 4) is 6.01 Å². The molecule has 0 bridgehead atoms. The molecule has 0 saturated heterocycles. The molecule has 0 spiro atoms. The minimum absolute atomic E-state index is 0.0714. The number of nitrogens with zero attached hydrogens (tertiary/aromatic N) is 4. The molecule has 0 unspecified atom stereocenters. The van der Waals surface area contributed by atoms with Crippen LogP contribution in [-0.4, -0.2) is 24.8 Å². The second-order valence-electron chi connectivity index (χ2n) is 4.84. The van der Waals surface area contributed by atoms with Gasteiger partial charge in [0.1, 0.15) is 0 Å². The molecule has 0 radical (unpaired) electrons. The lowest BCUT2D eigenvalue weighted by Crippen LogP contribution is -2.39. The number of allylic oxidation sites excluding steroid dienone is 1. The van der Waals surface area contributed by atoms with Gasteiger partial charge >= 0.3 is 5.69 Å². The molecular formula is C13H18N4O3. The second-order valence-corrected chi connectivity index (χ2v) is 4.84. The topological polar surface area (TPSA) is 71.1 Å². The van der Waals surface area contributed by atoms with Crippen LogP contribution in [0.15, 0.2) is 22.2 Å². The van der Waals surface area contributed by atoms with Gasteiger partial charge in [-0.3, -0.25) is 18.5 Å². The van der Waals surface area contributed by atoms with E-state index < -0.39 is 11.2 Å². The van der Waals surface area contributed by atoms with Crippen LogP contribution in [0.25, 0.3) is 11.2 Å². The lowest BCUT2D eigenvalue weighted by atomic mass is 10.5. The predicted octanol–water partition coefficient (Wildman–Crippen LogP) is 0.407. The van der Waals surface area contributed by atoms with Crippen LogP contribution in [0.4, 0.5) is 0 Å². The van der Waals surface area contributed by atoms with Gasteiger partial charge in [-0.25, -0.2) is 4.79 Å². The van der Waals surface area contributed by atoms with Crippen LogP contribution in [0, 0.1) is 0 Å². The van der Waals surface area contributed by atoms with Crippen LogP contribution < -0.4 is 16.0 Å². The summed E-state index contributed by atoms with van der Waals surface area (Å²) >= 11 is 0. The van der Waals surface area contributed by atoms with Gasteiger partial charge in [0.25, 0.3) is 11.6 Å². The molecule has 0 fully saturated rings. The zero-order chi connectivity index (χ0) is 15.0. The van der Waals surface area contributed by atoms with E-state index >= 15 is 0 Å². The first kappa shape index (κ1) is 14.1. The Morgan fingerprint density at radius 3 is 2.50 bits per heavy atom. The van der Waals surface area contributed by atoms with Gasteiger partial charge in [-0.1, -0.05) is 6.08 Å². The van der Waals surface area contributed by atoms with E-state index in [1.807, 2.05) is 13.8 Å². The molecule has 2 aromatic rings. The van der Waals surface area contributed by atoms with E-state index in [-0.39, 0.29) is 12.6 Å². The minimum atomic E-state index is -0.420. The van der Waals surface area contributed by atoms with Gasteiger partial charge in [0.15, 0.2) is 11.2 Å². The first-order valence-electron chi connectivity index (χ1n) is 6.32. The average Bonchev–Trinajstić information content (AvgIpc) is 2.69. The summed E-state index contributed by atoms with van der Waals surface area (Å²) in [6.07, 6.45) is 1.44. The first-order chi connectivity index (χ1) is 9.38. The second kappa shape index (κ2) is 4.99. The van der Waals surface area contributed by atoms with E-state index in [9.17, 15) is 9.59 Å². The first-order valence-corrected chi connectivity index (χ1v) is 6.32. The monoisotopic (exact) mass is 278 g/mol. The Bertz CT molecular complexity index is 779. The van der Waals surface area contributed by atoms with Crippen LogP contribution in [0.2, 0.25) is 0 Å². The molecule has 7 nitrogen and oxygen atoms in total. The molecule has 2 heterocycles. The third-order valence-electron chi connectivity index (χ3n) is 2.97. The van der Waals surface area contributed by atoms with Gasteiger partial charge < -0.3 is 4.74 Å². The highest BCUT2D eigenvalue weighted by molar-refractivity contribution is 5.71. The number of rotatable bonds is 4. The van der Waals surface area contributed by atoms with E-state index in [2.05, 4.69) is 11.6 Å². The average molecular weight is 278 g/mol. The van der Waals surface area contributed by atoms with Crippen molar-refractivity contribution in [1.82, 2.24) is 18.7 Å². The summed E-state index contributed by atoms with van der Waals surface area (Å²) in [4.78, 5) is 28.8. The highest BCUT2D eigenvalue weighted by atomic mass is 16.5. The smallest absolute Gasteiger partial charge is 0.332 e. The molecular weight excluding hydrogens is 260 g/mol. The van der Waals surface area contributed by atoms with Crippen molar-refractivity contribution in [3.63, 3.8) is 0 Å². The molecule has 0 atom stereocenters. The zero-order valence-corrected chi connectivity index (χ0v) is 12.1. The Kier molecular flexibility index (Phi) is 3.52. The molecule has 2 aromatic heterocycles. The molecule has 0 saturated carbocycles. The summed E-state index contributed by atoms with van der Waals surface area (Å²) in [5.74, 6) is 0. The standard InChI is InChI=1S/C13H18N4O3/c1-6-7-17-11(18)9-10(16(5)13(17)19)14-12(15(9)4)20-8(2)3/h6,8H,1,7H2,2-5H3. The van der Waals surface area contributed by atoms with E-state index in [4.69, 9.17) is 4.74 Å². The number of aryl methyl sites for hydroxylation is 2. The maximum atomic E-state index is 12.4. The Balaban J connectivity index is 2.86. The third-order valence-corrected chi connectivity index (χ3v) is 2.97. The molecule has 0 aliphatic heterocycles. The Morgan fingerprint density at radius 2 is 1.95 bits per heavy atom. The van der Waals surface area contributed by atoms with Crippen LogP contribution in [-0.2, 0) is 20.6 Å². The summed E-state index contributed by atoms with van der Waals surface area (Å²) < 4.78 is 9.58. The van der Waals surface area contributed by atoms with Crippen molar-refractivity contribution in [2.45, 2.75) is 26.5 Å². The predicted molar refractivity (Wildman–Crippen MR) is 76.2 cm³/mol. The van der Waals surface area contributed by atoms with Crippen LogP contribution in [0.1, 0.15) is 13.8 Å². The largest absolute Gasteiger partial charge is 0.462 e. The van der Waals surface area contributed by atoms with Crippen molar-refractivity contribution in [2.75, 3.05) is 0 Å². The molecule has 0 aliphatic carbocycles. The minimum Gasteiger partial charge on any atom is -0.462 e. The van der Waals surface area contributed by atoms with Gasteiger partial charge in [0.05, 0.1) is 6.10 Å². The highest BCUT2D eigenvalue weighted by Gasteiger charge is 2.19. The number of ether oxygens (including phenoxy) is 1. The molecule has 2 rings (SSSR count). The van der Waals surface area contributed by atoms with Crippen molar-refractivity contribution < 1.29 is 4.74 Å². The SMILES string of the molecule is C=CCn1c(=O)c2c(nc(OC(C)C)n2C)n(C)c1=O. The van der Waals surface area contributed by atoms with E-state index in [1.165, 1.54) is 10.6 Å². The van der Waals surface area contributed by atoms with E-state index in [1.54, 1.807) is 18.7 Å². The number of fused-ring (bicyclic) bond motifs is 1. The summed E-state index contributed by atoms with van der Waals surface area (Å²) in [7, 11) is 3.27. The summed E-state index contributed by atoms with van der Waals surface area (Å²) in [6, 6.07) is 0.318. The lowest BCUT2D eigenvalue weighted by molar-refractivity contribution is 0.216. The fourth-order valence-corrected chi connectivity index (χ4v) is 2.03. The van der Waals surface area contributed by atoms with Gasteiger partial charge in [-0.15, -0.1) is 6.58 Å². The van der Waals surface area contributed by atoms with Crippen molar-refractivity contribution >= 4 is 11.2 Å². The van der Waals surface area contributed by atoms with Crippen molar-refractivity contribution in [3.05, 3.63) is 33.5 Å². The van der Waals surface area contributed by atoms with Crippen LogP contribution >= 0.6 is 0 Å². The van der Waals surface area contributed by atoms with Gasteiger partial charge in [-0.05, 0) is 13.8 Å². The summed E-state index contributed by atoms with van der Waals surface area (Å²) in [5, 5.41) is 0. The molecule has 0 aromatic carbocycles. The van der Waals surface area contributed by atoms with Gasteiger partial charge in [-0.2, -0.15) is 4.98 Å². The fraction of sp³-hybridized carbons (Fsp3) is 0.462. The Hall–Kier alpha value is -2.31. The number of hydrogen-bond acceptors (Lipinski definition) is 4. The van der Waals surface area contributed by atoms with Gasteiger partial charge in [0, 0.05) is 20.6 Å². The maximum absolute atomic E-state index is 12.4. The molecule has 0 aliphatic rings. The molecule has 7 heteroatoms. The van der Waals surface area contributed by atoms with Crippen LogP contribution in [0.5, 0.6) is 6.01 Å². The molecule has 108 valence electrons. The Labute approximate surface area is 115 Å². The van der Waals surface area contributed by atoms with E-state index in [0.29, 0.717) is 17.2 Å². The molecule has 0 N–H and O–H groups in total.